The number of hydrogen-bond acceptors (Lipinski definition) is 6. The molecule has 0 atom stereocenters. The summed E-state index contributed by atoms with van der Waals surface area (Å²) in [5.41, 5.74) is 0. The first-order valence-corrected chi connectivity index (χ1v) is 6.34. The second kappa shape index (κ2) is 14.4. The normalized spacial score (nSPS) is 15.3. The van der Waals surface area contributed by atoms with Crippen LogP contribution in [0.15, 0.2) is 0 Å². The third kappa shape index (κ3) is 13.4. The van der Waals surface area contributed by atoms with Crippen molar-refractivity contribution < 1.29 is 29.2 Å². The van der Waals surface area contributed by atoms with Gasteiger partial charge in [0.1, 0.15) is 0 Å². The van der Waals surface area contributed by atoms with Gasteiger partial charge in [-0.05, 0) is 19.3 Å². The topological polar surface area (TPSA) is 85.2 Å². The fourth-order valence-electron chi connectivity index (χ4n) is 1.26. The second-order valence-corrected chi connectivity index (χ2v) is 3.70. The molecule has 108 valence electrons. The molecule has 18 heavy (non-hydrogen) atoms. The Morgan fingerprint density at radius 1 is 0.944 bits per heavy atom. The van der Waals surface area contributed by atoms with Crippen LogP contribution in [0.5, 0.6) is 0 Å². The van der Waals surface area contributed by atoms with Crippen LogP contribution in [0.25, 0.3) is 0 Å². The molecule has 0 aliphatic carbocycles. The molecule has 0 amide bonds. The number of aliphatic hydroxyl groups is 2. The monoisotopic (exact) mass is 264 g/mol. The number of hydrogen-bond donors (Lipinski definition) is 2. The maximum absolute atomic E-state index is 10.5. The molecule has 0 aromatic rings. The van der Waals surface area contributed by atoms with Gasteiger partial charge in [-0.1, -0.05) is 0 Å². The van der Waals surface area contributed by atoms with E-state index < -0.39 is 0 Å². The second-order valence-electron chi connectivity index (χ2n) is 3.70. The van der Waals surface area contributed by atoms with E-state index in [-0.39, 0.29) is 19.2 Å². The molecule has 1 aliphatic rings. The molecule has 1 fully saturated rings. The molecule has 1 saturated heterocycles. The summed E-state index contributed by atoms with van der Waals surface area (Å²) in [5.74, 6) is -0.0255. The Morgan fingerprint density at radius 2 is 1.56 bits per heavy atom. The molecular formula is C12H24O6. The molecule has 0 radical (unpaired) electrons. The highest BCUT2D eigenvalue weighted by molar-refractivity contribution is 5.69. The number of aliphatic hydroxyl groups excluding tert-OH is 2. The zero-order valence-corrected chi connectivity index (χ0v) is 10.8. The number of cyclic esters (lactones) is 1. The summed E-state index contributed by atoms with van der Waals surface area (Å²) in [4.78, 5) is 10.5. The molecule has 6 heteroatoms. The Labute approximate surface area is 108 Å². The van der Waals surface area contributed by atoms with Crippen LogP contribution in [0.4, 0.5) is 0 Å². The molecule has 0 spiro atoms. The van der Waals surface area contributed by atoms with E-state index in [0.29, 0.717) is 39.5 Å². The molecular weight excluding hydrogens is 240 g/mol. The number of rotatable bonds is 7. The van der Waals surface area contributed by atoms with Crippen LogP contribution >= 0.6 is 0 Å². The van der Waals surface area contributed by atoms with Gasteiger partial charge in [0.2, 0.25) is 0 Å². The van der Waals surface area contributed by atoms with Gasteiger partial charge in [0, 0.05) is 6.42 Å². The average Bonchev–Trinajstić information content (AvgIpc) is 2.62. The van der Waals surface area contributed by atoms with Crippen LogP contribution < -0.4 is 0 Å². The van der Waals surface area contributed by atoms with E-state index in [0.717, 1.165) is 19.3 Å². The highest BCUT2D eigenvalue weighted by atomic mass is 16.5. The van der Waals surface area contributed by atoms with Gasteiger partial charge in [0.05, 0.1) is 46.2 Å². The summed E-state index contributed by atoms with van der Waals surface area (Å²) in [5, 5.41) is 16.5. The molecule has 6 nitrogen and oxygen atoms in total. The van der Waals surface area contributed by atoms with Gasteiger partial charge in [-0.15, -0.1) is 0 Å². The first kappa shape index (κ1) is 17.3. The van der Waals surface area contributed by atoms with Crippen molar-refractivity contribution in [2.24, 2.45) is 0 Å². The Hall–Kier alpha value is -0.690. The standard InChI is InChI=1S/C6H14O4.C6H10O2/c7-1-3-9-5-6-10-4-2-8;7-6-4-2-1-3-5-8-6/h7-8H,1-6H2;1-5H2. The zero-order chi connectivity index (χ0) is 13.5. The van der Waals surface area contributed by atoms with Crippen LogP contribution in [0.1, 0.15) is 25.7 Å². The van der Waals surface area contributed by atoms with Gasteiger partial charge in [-0.2, -0.15) is 0 Å². The van der Waals surface area contributed by atoms with Crippen molar-refractivity contribution in [1.82, 2.24) is 0 Å². The molecule has 2 N–H and O–H groups in total. The van der Waals surface area contributed by atoms with Crippen molar-refractivity contribution in [2.75, 3.05) is 46.2 Å². The van der Waals surface area contributed by atoms with E-state index in [1.807, 2.05) is 0 Å². The number of carbonyl (C=O) groups is 1. The number of carbonyl (C=O) groups excluding carboxylic acids is 1. The minimum atomic E-state index is -0.0255. The molecule has 0 saturated carbocycles. The summed E-state index contributed by atoms with van der Waals surface area (Å²) >= 11 is 0. The van der Waals surface area contributed by atoms with Crippen molar-refractivity contribution in [3.05, 3.63) is 0 Å². The van der Waals surface area contributed by atoms with E-state index in [1.54, 1.807) is 0 Å². The maximum Gasteiger partial charge on any atom is 0.305 e. The summed E-state index contributed by atoms with van der Waals surface area (Å²) < 4.78 is 14.5. The lowest BCUT2D eigenvalue weighted by Crippen LogP contribution is -2.09. The predicted molar refractivity (Wildman–Crippen MR) is 65.2 cm³/mol. The van der Waals surface area contributed by atoms with E-state index in [1.165, 1.54) is 0 Å². The van der Waals surface area contributed by atoms with Crippen LogP contribution in [0, 0.1) is 0 Å². The predicted octanol–water partition coefficient (Wildman–Crippen LogP) is 0.108. The lowest BCUT2D eigenvalue weighted by atomic mass is 10.2. The Bertz CT molecular complexity index is 167. The van der Waals surface area contributed by atoms with E-state index in [2.05, 4.69) is 0 Å². The maximum atomic E-state index is 10.5. The number of esters is 1. The van der Waals surface area contributed by atoms with Gasteiger partial charge in [0.15, 0.2) is 0 Å². The largest absolute Gasteiger partial charge is 0.466 e. The molecule has 0 bridgehead atoms. The minimum Gasteiger partial charge on any atom is -0.466 e. The Balaban J connectivity index is 0.000000327. The minimum absolute atomic E-state index is 0.0255. The zero-order valence-electron chi connectivity index (χ0n) is 10.8. The Kier molecular flexibility index (Phi) is 13.8. The fourth-order valence-corrected chi connectivity index (χ4v) is 1.26. The van der Waals surface area contributed by atoms with Gasteiger partial charge in [-0.3, -0.25) is 4.79 Å². The molecule has 1 rings (SSSR count). The first-order chi connectivity index (χ1) is 8.81. The highest BCUT2D eigenvalue weighted by Crippen LogP contribution is 2.06. The fraction of sp³-hybridized carbons (Fsp3) is 0.917. The van der Waals surface area contributed by atoms with E-state index >= 15 is 0 Å². The summed E-state index contributed by atoms with van der Waals surface area (Å²) in [7, 11) is 0. The Morgan fingerprint density at radius 3 is 2.11 bits per heavy atom. The van der Waals surface area contributed by atoms with Gasteiger partial charge in [-0.25, -0.2) is 0 Å². The SMILES string of the molecule is O=C1CCCCCO1.OCCOCCOCCO. The van der Waals surface area contributed by atoms with Crippen molar-refractivity contribution in [2.45, 2.75) is 25.7 Å². The van der Waals surface area contributed by atoms with Gasteiger partial charge >= 0.3 is 5.97 Å². The highest BCUT2D eigenvalue weighted by Gasteiger charge is 2.05. The third-order valence-corrected chi connectivity index (χ3v) is 2.13. The first-order valence-electron chi connectivity index (χ1n) is 6.34. The van der Waals surface area contributed by atoms with Crippen LogP contribution in [-0.2, 0) is 19.0 Å². The van der Waals surface area contributed by atoms with E-state index in [9.17, 15) is 4.79 Å². The van der Waals surface area contributed by atoms with Crippen molar-refractivity contribution in [1.29, 1.82) is 0 Å². The van der Waals surface area contributed by atoms with Crippen LogP contribution in [-0.4, -0.2) is 62.4 Å². The molecule has 1 heterocycles. The smallest absolute Gasteiger partial charge is 0.305 e. The molecule has 0 aromatic carbocycles. The van der Waals surface area contributed by atoms with Crippen molar-refractivity contribution in [3.63, 3.8) is 0 Å². The van der Waals surface area contributed by atoms with E-state index in [4.69, 9.17) is 24.4 Å². The lowest BCUT2D eigenvalue weighted by Gasteiger charge is -2.01. The summed E-state index contributed by atoms with van der Waals surface area (Å²) in [6.45, 7) is 2.37. The lowest BCUT2D eigenvalue weighted by molar-refractivity contribution is -0.142. The van der Waals surface area contributed by atoms with Gasteiger partial charge < -0.3 is 24.4 Å². The van der Waals surface area contributed by atoms with Crippen LogP contribution in [0.3, 0.4) is 0 Å². The van der Waals surface area contributed by atoms with Gasteiger partial charge in [0.25, 0.3) is 0 Å². The average molecular weight is 264 g/mol. The molecule has 0 aromatic heterocycles. The summed E-state index contributed by atoms with van der Waals surface area (Å²) in [6.07, 6.45) is 3.83. The molecule has 1 aliphatic heterocycles. The quantitative estimate of drug-likeness (QED) is 0.501. The van der Waals surface area contributed by atoms with Crippen LogP contribution in [0.2, 0.25) is 0 Å². The van der Waals surface area contributed by atoms with Crippen molar-refractivity contribution >= 4 is 5.97 Å². The third-order valence-electron chi connectivity index (χ3n) is 2.13. The molecule has 0 unspecified atom stereocenters. The number of ether oxygens (including phenoxy) is 3. The summed E-state index contributed by atoms with van der Waals surface area (Å²) in [6, 6.07) is 0. The van der Waals surface area contributed by atoms with Crippen molar-refractivity contribution in [3.8, 4) is 0 Å².